The Morgan fingerprint density at radius 1 is 1.32 bits per heavy atom. The molecule has 0 unspecified atom stereocenters. The van der Waals surface area contributed by atoms with Crippen molar-refractivity contribution in [1.82, 2.24) is 25.1 Å². The molecule has 0 radical (unpaired) electrons. The minimum Gasteiger partial charge on any atom is -0.309 e. The third-order valence-corrected chi connectivity index (χ3v) is 3.69. The van der Waals surface area contributed by atoms with Crippen LogP contribution < -0.4 is 5.56 Å². The van der Waals surface area contributed by atoms with Crippen LogP contribution in [0.5, 0.6) is 0 Å². The van der Waals surface area contributed by atoms with E-state index in [1.54, 1.807) is 6.07 Å². The molecule has 0 spiro atoms. The van der Waals surface area contributed by atoms with E-state index in [0.29, 0.717) is 21.9 Å². The Labute approximate surface area is 112 Å². The number of thioether (sulfide) groups is 1. The smallest absolute Gasteiger partial charge is 0.258 e. The standard InChI is InChI=1S/C12H11N5OS/c1-7(19-12-13-6-14-17-12)10-15-9-5-3-2-4-8(9)11(18)16-10/h2-7H,1H3,(H,13,14,17)(H,15,16,18)/t7-/m1/s1. The van der Waals surface area contributed by atoms with Crippen molar-refractivity contribution in [1.29, 1.82) is 0 Å². The summed E-state index contributed by atoms with van der Waals surface area (Å²) in [7, 11) is 0. The summed E-state index contributed by atoms with van der Waals surface area (Å²) in [6.45, 7) is 1.96. The molecule has 3 aromatic rings. The number of H-pyrrole nitrogens is 2. The molecule has 2 N–H and O–H groups in total. The van der Waals surface area contributed by atoms with Gasteiger partial charge in [0.2, 0.25) is 0 Å². The molecule has 0 aliphatic heterocycles. The molecule has 1 aromatic carbocycles. The summed E-state index contributed by atoms with van der Waals surface area (Å²) in [5.41, 5.74) is 0.580. The zero-order chi connectivity index (χ0) is 13.2. The first-order valence-corrected chi connectivity index (χ1v) is 6.63. The van der Waals surface area contributed by atoms with Crippen LogP contribution in [0.4, 0.5) is 0 Å². The quantitative estimate of drug-likeness (QED) is 0.712. The Morgan fingerprint density at radius 2 is 2.16 bits per heavy atom. The van der Waals surface area contributed by atoms with Crippen molar-refractivity contribution < 1.29 is 0 Å². The number of hydrogen-bond acceptors (Lipinski definition) is 5. The summed E-state index contributed by atoms with van der Waals surface area (Å²) >= 11 is 1.46. The lowest BCUT2D eigenvalue weighted by molar-refractivity contribution is 0.904. The Bertz CT molecular complexity index is 752. The van der Waals surface area contributed by atoms with Crippen molar-refractivity contribution in [3.8, 4) is 0 Å². The van der Waals surface area contributed by atoms with Gasteiger partial charge >= 0.3 is 0 Å². The van der Waals surface area contributed by atoms with Gasteiger partial charge in [-0.25, -0.2) is 9.97 Å². The summed E-state index contributed by atoms with van der Waals surface area (Å²) in [6, 6.07) is 7.29. The SMILES string of the molecule is C[C@@H](Sc1ncn[nH]1)c1nc2ccccc2c(=O)[nH]1. The third-order valence-electron chi connectivity index (χ3n) is 2.70. The molecule has 6 nitrogen and oxygen atoms in total. The van der Waals surface area contributed by atoms with Crippen molar-refractivity contribution in [3.05, 3.63) is 46.8 Å². The number of rotatable bonds is 3. The van der Waals surface area contributed by atoms with E-state index in [2.05, 4.69) is 25.1 Å². The summed E-state index contributed by atoms with van der Waals surface area (Å²) in [5.74, 6) is 0.630. The van der Waals surface area contributed by atoms with E-state index in [1.807, 2.05) is 25.1 Å². The molecule has 0 aliphatic carbocycles. The number of nitrogens with one attached hydrogen (secondary N) is 2. The van der Waals surface area contributed by atoms with Crippen LogP contribution in [0.1, 0.15) is 18.0 Å². The number of aromatic amines is 2. The van der Waals surface area contributed by atoms with E-state index in [-0.39, 0.29) is 10.8 Å². The van der Waals surface area contributed by atoms with Gasteiger partial charge in [0.15, 0.2) is 5.16 Å². The molecule has 96 valence electrons. The van der Waals surface area contributed by atoms with Crippen molar-refractivity contribution in [3.63, 3.8) is 0 Å². The molecule has 2 aromatic heterocycles. The molecule has 7 heteroatoms. The Hall–Kier alpha value is -2.15. The molecule has 3 rings (SSSR count). The van der Waals surface area contributed by atoms with E-state index in [9.17, 15) is 4.79 Å². The lowest BCUT2D eigenvalue weighted by Gasteiger charge is -2.08. The van der Waals surface area contributed by atoms with Gasteiger partial charge in [0.05, 0.1) is 16.2 Å². The van der Waals surface area contributed by atoms with Crippen molar-refractivity contribution in [2.45, 2.75) is 17.3 Å². The van der Waals surface area contributed by atoms with E-state index in [4.69, 9.17) is 0 Å². The molecule has 2 heterocycles. The number of benzene rings is 1. The largest absolute Gasteiger partial charge is 0.309 e. The lowest BCUT2D eigenvalue weighted by atomic mass is 10.2. The van der Waals surface area contributed by atoms with Gasteiger partial charge in [-0.3, -0.25) is 9.89 Å². The second-order valence-corrected chi connectivity index (χ2v) is 5.35. The summed E-state index contributed by atoms with van der Waals surface area (Å²) in [6.07, 6.45) is 1.45. The molecular formula is C12H11N5OS. The van der Waals surface area contributed by atoms with Crippen molar-refractivity contribution >= 4 is 22.7 Å². The highest BCUT2D eigenvalue weighted by Crippen LogP contribution is 2.29. The molecule has 0 saturated carbocycles. The van der Waals surface area contributed by atoms with Gasteiger partial charge in [-0.05, 0) is 19.1 Å². The van der Waals surface area contributed by atoms with Crippen LogP contribution in [0.3, 0.4) is 0 Å². The van der Waals surface area contributed by atoms with Crippen LogP contribution in [0, 0.1) is 0 Å². The Balaban J connectivity index is 1.98. The molecule has 1 atom stereocenters. The van der Waals surface area contributed by atoms with E-state index in [0.717, 1.165) is 0 Å². The Morgan fingerprint density at radius 3 is 2.95 bits per heavy atom. The molecule has 0 aliphatic rings. The van der Waals surface area contributed by atoms with Crippen molar-refractivity contribution in [2.24, 2.45) is 0 Å². The first-order chi connectivity index (χ1) is 9.24. The van der Waals surface area contributed by atoms with Gasteiger partial charge in [-0.15, -0.1) is 0 Å². The molecule has 0 amide bonds. The number of hydrogen-bond donors (Lipinski definition) is 2. The molecule has 19 heavy (non-hydrogen) atoms. The highest BCUT2D eigenvalue weighted by molar-refractivity contribution is 7.99. The number of nitrogens with zero attached hydrogens (tertiary/aromatic N) is 3. The number of aromatic nitrogens is 5. The van der Waals surface area contributed by atoms with Crippen LogP contribution in [-0.2, 0) is 0 Å². The van der Waals surface area contributed by atoms with Gasteiger partial charge in [0.25, 0.3) is 5.56 Å². The summed E-state index contributed by atoms with van der Waals surface area (Å²) < 4.78 is 0. The summed E-state index contributed by atoms with van der Waals surface area (Å²) in [5, 5.41) is 7.83. The van der Waals surface area contributed by atoms with E-state index >= 15 is 0 Å². The summed E-state index contributed by atoms with van der Waals surface area (Å²) in [4.78, 5) is 23.3. The van der Waals surface area contributed by atoms with Crippen molar-refractivity contribution in [2.75, 3.05) is 0 Å². The zero-order valence-corrected chi connectivity index (χ0v) is 10.9. The highest BCUT2D eigenvalue weighted by atomic mass is 32.2. The maximum Gasteiger partial charge on any atom is 0.258 e. The average molecular weight is 273 g/mol. The second kappa shape index (κ2) is 4.85. The van der Waals surface area contributed by atoms with Crippen LogP contribution in [0.2, 0.25) is 0 Å². The monoisotopic (exact) mass is 273 g/mol. The minimum atomic E-state index is -0.120. The first kappa shape index (κ1) is 11.9. The van der Waals surface area contributed by atoms with Gasteiger partial charge < -0.3 is 4.98 Å². The predicted molar refractivity (Wildman–Crippen MR) is 73.0 cm³/mol. The normalized spacial score (nSPS) is 12.7. The number of fused-ring (bicyclic) bond motifs is 1. The van der Waals surface area contributed by atoms with Gasteiger partial charge in [-0.1, -0.05) is 23.9 Å². The van der Waals surface area contributed by atoms with Crippen LogP contribution in [0.15, 0.2) is 40.5 Å². The van der Waals surface area contributed by atoms with Gasteiger partial charge in [0.1, 0.15) is 12.2 Å². The van der Waals surface area contributed by atoms with Gasteiger partial charge in [0, 0.05) is 0 Å². The zero-order valence-electron chi connectivity index (χ0n) is 10.1. The molecule has 0 bridgehead atoms. The average Bonchev–Trinajstić information content (AvgIpc) is 2.91. The van der Waals surface area contributed by atoms with E-state index < -0.39 is 0 Å². The van der Waals surface area contributed by atoms with E-state index in [1.165, 1.54) is 18.1 Å². The van der Waals surface area contributed by atoms with Crippen LogP contribution in [-0.4, -0.2) is 25.1 Å². The molecular weight excluding hydrogens is 262 g/mol. The lowest BCUT2D eigenvalue weighted by Crippen LogP contribution is -2.12. The molecule has 0 saturated heterocycles. The first-order valence-electron chi connectivity index (χ1n) is 5.75. The predicted octanol–water partition coefficient (Wildman–Crippen LogP) is 1.89. The fourth-order valence-corrected chi connectivity index (χ4v) is 2.54. The third kappa shape index (κ3) is 2.37. The fourth-order valence-electron chi connectivity index (χ4n) is 1.77. The highest BCUT2D eigenvalue weighted by Gasteiger charge is 2.13. The van der Waals surface area contributed by atoms with Gasteiger partial charge in [-0.2, -0.15) is 5.10 Å². The maximum atomic E-state index is 12.0. The van der Waals surface area contributed by atoms with Crippen LogP contribution in [0.25, 0.3) is 10.9 Å². The second-order valence-electron chi connectivity index (χ2n) is 4.02. The minimum absolute atomic E-state index is 0.0229. The molecule has 0 fully saturated rings. The number of para-hydroxylation sites is 1. The topological polar surface area (TPSA) is 87.3 Å². The Kier molecular flexibility index (Phi) is 3.04. The fraction of sp³-hybridized carbons (Fsp3) is 0.167. The van der Waals surface area contributed by atoms with Crippen LogP contribution >= 0.6 is 11.8 Å². The maximum absolute atomic E-state index is 12.0.